The van der Waals surface area contributed by atoms with Crippen LogP contribution in [0.5, 0.6) is 0 Å². The van der Waals surface area contributed by atoms with Gasteiger partial charge in [0.15, 0.2) is 0 Å². The van der Waals surface area contributed by atoms with Gasteiger partial charge in [-0.15, -0.1) is 0 Å². The van der Waals surface area contributed by atoms with Crippen LogP contribution in [0.25, 0.3) is 0 Å². The van der Waals surface area contributed by atoms with E-state index in [9.17, 15) is 0 Å². The van der Waals surface area contributed by atoms with E-state index in [2.05, 4.69) is 30.9 Å². The molecule has 2 nitrogen and oxygen atoms in total. The molecule has 1 heterocycles. The molecular weight excluding hydrogens is 232 g/mol. The van der Waals surface area contributed by atoms with Crippen molar-refractivity contribution in [2.24, 2.45) is 5.73 Å². The van der Waals surface area contributed by atoms with Gasteiger partial charge in [-0.2, -0.15) is 0 Å². The Bertz CT molecular complexity index is 380. The summed E-state index contributed by atoms with van der Waals surface area (Å²) in [6.07, 6.45) is 2.18. The first kappa shape index (κ1) is 12.9. The summed E-state index contributed by atoms with van der Waals surface area (Å²) in [4.78, 5) is 2.52. The highest BCUT2D eigenvalue weighted by Crippen LogP contribution is 2.28. The van der Waals surface area contributed by atoms with Crippen molar-refractivity contribution >= 4 is 11.6 Å². The first-order chi connectivity index (χ1) is 8.08. The van der Waals surface area contributed by atoms with E-state index < -0.39 is 0 Å². The van der Waals surface area contributed by atoms with E-state index in [-0.39, 0.29) is 0 Å². The number of piperidine rings is 1. The topological polar surface area (TPSA) is 29.3 Å². The Morgan fingerprint density at radius 2 is 2.24 bits per heavy atom. The van der Waals surface area contributed by atoms with Crippen LogP contribution in [0.4, 0.5) is 0 Å². The third kappa shape index (κ3) is 3.01. The van der Waals surface area contributed by atoms with Gasteiger partial charge >= 0.3 is 0 Å². The summed E-state index contributed by atoms with van der Waals surface area (Å²) in [5, 5.41) is 0.815. The SMILES string of the molecule is CC1CC(N)CCN1C(C)c1cccc(Cl)c1. The second-order valence-corrected chi connectivity index (χ2v) is 5.54. The summed E-state index contributed by atoms with van der Waals surface area (Å²) < 4.78 is 0. The molecule has 0 radical (unpaired) electrons. The average molecular weight is 253 g/mol. The van der Waals surface area contributed by atoms with Crippen molar-refractivity contribution in [1.82, 2.24) is 4.90 Å². The third-order valence-corrected chi connectivity index (χ3v) is 4.03. The zero-order valence-corrected chi connectivity index (χ0v) is 11.3. The third-order valence-electron chi connectivity index (χ3n) is 3.80. The number of halogens is 1. The Labute approximate surface area is 109 Å². The Morgan fingerprint density at radius 3 is 2.88 bits per heavy atom. The lowest BCUT2D eigenvalue weighted by Crippen LogP contribution is -2.46. The number of nitrogens with zero attached hydrogens (tertiary/aromatic N) is 1. The van der Waals surface area contributed by atoms with Crippen LogP contribution >= 0.6 is 11.6 Å². The fourth-order valence-corrected chi connectivity index (χ4v) is 2.96. The summed E-state index contributed by atoms with van der Waals surface area (Å²) in [7, 11) is 0. The molecule has 0 aliphatic carbocycles. The minimum atomic E-state index is 0.368. The van der Waals surface area contributed by atoms with Crippen molar-refractivity contribution < 1.29 is 0 Å². The largest absolute Gasteiger partial charge is 0.328 e. The Balaban J connectivity index is 2.12. The van der Waals surface area contributed by atoms with Gasteiger partial charge in [-0.25, -0.2) is 0 Å². The van der Waals surface area contributed by atoms with Crippen LogP contribution in [0.2, 0.25) is 5.02 Å². The molecule has 0 saturated carbocycles. The number of likely N-dealkylation sites (tertiary alicyclic amines) is 1. The first-order valence-corrected chi connectivity index (χ1v) is 6.72. The zero-order valence-electron chi connectivity index (χ0n) is 10.6. The lowest BCUT2D eigenvalue weighted by molar-refractivity contribution is 0.104. The van der Waals surface area contributed by atoms with Gasteiger partial charge in [0.1, 0.15) is 0 Å². The number of hydrogen-bond donors (Lipinski definition) is 1. The van der Waals surface area contributed by atoms with Crippen molar-refractivity contribution in [3.8, 4) is 0 Å². The molecule has 2 N–H and O–H groups in total. The van der Waals surface area contributed by atoms with E-state index in [1.165, 1.54) is 5.56 Å². The van der Waals surface area contributed by atoms with Crippen LogP contribution in [0.1, 0.15) is 38.3 Å². The molecule has 3 heteroatoms. The van der Waals surface area contributed by atoms with Gasteiger partial charge in [-0.05, 0) is 44.4 Å². The summed E-state index contributed by atoms with van der Waals surface area (Å²) in [6, 6.07) is 9.49. The molecule has 17 heavy (non-hydrogen) atoms. The predicted molar refractivity (Wildman–Crippen MR) is 73.2 cm³/mol. The monoisotopic (exact) mass is 252 g/mol. The van der Waals surface area contributed by atoms with Crippen molar-refractivity contribution in [3.63, 3.8) is 0 Å². The summed E-state index contributed by atoms with van der Waals surface area (Å²) in [5.74, 6) is 0. The fourth-order valence-electron chi connectivity index (χ4n) is 2.76. The lowest BCUT2D eigenvalue weighted by Gasteiger charge is -2.40. The molecule has 1 aliphatic rings. The van der Waals surface area contributed by atoms with Gasteiger partial charge < -0.3 is 5.73 Å². The molecule has 1 fully saturated rings. The molecular formula is C14H21ClN2. The maximum absolute atomic E-state index is 6.05. The van der Waals surface area contributed by atoms with Crippen LogP contribution in [-0.2, 0) is 0 Å². The summed E-state index contributed by atoms with van der Waals surface area (Å²) in [5.41, 5.74) is 7.29. The van der Waals surface area contributed by atoms with Gasteiger partial charge in [0, 0.05) is 29.7 Å². The van der Waals surface area contributed by atoms with Gasteiger partial charge in [-0.3, -0.25) is 4.90 Å². The molecule has 0 amide bonds. The minimum absolute atomic E-state index is 0.368. The summed E-state index contributed by atoms with van der Waals surface area (Å²) in [6.45, 7) is 5.59. The van der Waals surface area contributed by atoms with E-state index in [1.54, 1.807) is 0 Å². The van der Waals surface area contributed by atoms with E-state index in [0.29, 0.717) is 18.1 Å². The highest BCUT2D eigenvalue weighted by atomic mass is 35.5. The molecule has 1 saturated heterocycles. The standard InChI is InChI=1S/C14H21ClN2/c1-10-8-14(16)6-7-17(10)11(2)12-4-3-5-13(15)9-12/h3-5,9-11,14H,6-8,16H2,1-2H3. The average Bonchev–Trinajstić information content (AvgIpc) is 2.28. The molecule has 1 aliphatic heterocycles. The molecule has 1 aromatic carbocycles. The quantitative estimate of drug-likeness (QED) is 0.876. The first-order valence-electron chi connectivity index (χ1n) is 6.34. The minimum Gasteiger partial charge on any atom is -0.328 e. The molecule has 0 aromatic heterocycles. The maximum Gasteiger partial charge on any atom is 0.0409 e. The second kappa shape index (κ2) is 5.38. The van der Waals surface area contributed by atoms with Crippen molar-refractivity contribution in [2.75, 3.05) is 6.54 Å². The van der Waals surface area contributed by atoms with Crippen LogP contribution in [0, 0.1) is 0 Å². The molecule has 3 atom stereocenters. The van der Waals surface area contributed by atoms with Gasteiger partial charge in [0.05, 0.1) is 0 Å². The Hall–Kier alpha value is -0.570. The molecule has 3 unspecified atom stereocenters. The van der Waals surface area contributed by atoms with Crippen LogP contribution in [0.15, 0.2) is 24.3 Å². The maximum atomic E-state index is 6.05. The van der Waals surface area contributed by atoms with Gasteiger partial charge in [-0.1, -0.05) is 23.7 Å². The zero-order chi connectivity index (χ0) is 12.4. The van der Waals surface area contributed by atoms with Crippen LogP contribution < -0.4 is 5.73 Å². The van der Waals surface area contributed by atoms with Crippen LogP contribution in [-0.4, -0.2) is 23.5 Å². The smallest absolute Gasteiger partial charge is 0.0409 e. The van der Waals surface area contributed by atoms with Gasteiger partial charge in [0.2, 0.25) is 0 Å². The number of benzene rings is 1. The molecule has 94 valence electrons. The van der Waals surface area contributed by atoms with E-state index in [4.69, 9.17) is 17.3 Å². The van der Waals surface area contributed by atoms with Gasteiger partial charge in [0.25, 0.3) is 0 Å². The van der Waals surface area contributed by atoms with E-state index in [0.717, 1.165) is 24.4 Å². The number of hydrogen-bond acceptors (Lipinski definition) is 2. The fraction of sp³-hybridized carbons (Fsp3) is 0.571. The van der Waals surface area contributed by atoms with E-state index >= 15 is 0 Å². The number of rotatable bonds is 2. The predicted octanol–water partition coefficient (Wildman–Crippen LogP) is 3.21. The highest BCUT2D eigenvalue weighted by molar-refractivity contribution is 6.30. The Morgan fingerprint density at radius 1 is 1.47 bits per heavy atom. The molecule has 0 spiro atoms. The van der Waals surface area contributed by atoms with Crippen molar-refractivity contribution in [3.05, 3.63) is 34.9 Å². The summed E-state index contributed by atoms with van der Waals surface area (Å²) >= 11 is 6.05. The molecule has 2 rings (SSSR count). The van der Waals surface area contributed by atoms with Crippen molar-refractivity contribution in [2.45, 2.75) is 44.8 Å². The Kier molecular flexibility index (Phi) is 4.08. The van der Waals surface area contributed by atoms with Crippen LogP contribution in [0.3, 0.4) is 0 Å². The second-order valence-electron chi connectivity index (χ2n) is 5.10. The van der Waals surface area contributed by atoms with Crippen molar-refractivity contribution in [1.29, 1.82) is 0 Å². The molecule has 1 aromatic rings. The molecule has 0 bridgehead atoms. The normalized spacial score (nSPS) is 28.0. The van der Waals surface area contributed by atoms with E-state index in [1.807, 2.05) is 12.1 Å². The number of nitrogens with two attached hydrogens (primary N) is 1. The lowest BCUT2D eigenvalue weighted by atomic mass is 9.95. The highest BCUT2D eigenvalue weighted by Gasteiger charge is 2.27.